The molecule has 0 aliphatic heterocycles. The normalized spacial score (nSPS) is 12.1. The van der Waals surface area contributed by atoms with Gasteiger partial charge in [-0.25, -0.2) is 0 Å². The Morgan fingerprint density at radius 1 is 0.905 bits per heavy atom. The molecule has 0 radical (unpaired) electrons. The van der Waals surface area contributed by atoms with Crippen LogP contribution >= 0.6 is 11.3 Å². The first kappa shape index (κ1) is 15.8. The summed E-state index contributed by atoms with van der Waals surface area (Å²) in [6.07, 6.45) is 0.864. The molecule has 0 saturated heterocycles. The van der Waals surface area contributed by atoms with Gasteiger partial charge in [-0.15, -0.1) is 11.3 Å². The Kier molecular flexibility index (Phi) is 4.26. The summed E-state index contributed by atoms with van der Waals surface area (Å²) in [4.78, 5) is -0.0235. The van der Waals surface area contributed by atoms with E-state index in [-0.39, 0.29) is 16.4 Å². The van der Waals surface area contributed by atoms with E-state index in [2.05, 4.69) is 4.18 Å². The molecule has 21 heavy (non-hydrogen) atoms. The van der Waals surface area contributed by atoms with Crippen molar-refractivity contribution in [3.05, 3.63) is 40.6 Å². The zero-order valence-corrected chi connectivity index (χ0v) is 13.6. The van der Waals surface area contributed by atoms with Crippen LogP contribution in [0.15, 0.2) is 39.9 Å². The lowest BCUT2D eigenvalue weighted by atomic mass is 10.2. The van der Waals surface area contributed by atoms with E-state index in [9.17, 15) is 16.8 Å². The second-order valence-electron chi connectivity index (χ2n) is 4.24. The highest BCUT2D eigenvalue weighted by Crippen LogP contribution is 2.34. The zero-order chi connectivity index (χ0) is 15.7. The van der Waals surface area contributed by atoms with Gasteiger partial charge in [0, 0.05) is 10.8 Å². The summed E-state index contributed by atoms with van der Waals surface area (Å²) < 4.78 is 56.0. The molecule has 1 aromatic carbocycles. The van der Waals surface area contributed by atoms with Crippen LogP contribution in [0.5, 0.6) is 11.5 Å². The van der Waals surface area contributed by atoms with E-state index in [0.717, 1.165) is 23.2 Å². The first-order chi connectivity index (χ1) is 9.67. The van der Waals surface area contributed by atoms with Crippen LogP contribution < -0.4 is 8.37 Å². The highest BCUT2D eigenvalue weighted by atomic mass is 32.2. The molecule has 114 valence electrons. The van der Waals surface area contributed by atoms with Crippen molar-refractivity contribution in [2.75, 3.05) is 6.26 Å². The van der Waals surface area contributed by atoms with Gasteiger partial charge >= 0.3 is 20.2 Å². The molecule has 2 rings (SSSR count). The second-order valence-corrected chi connectivity index (χ2v) is 8.10. The SMILES string of the molecule is Cc1ccc(S(=O)(=O)Oc2cscc2OS(C)(=O)=O)cc1. The molecule has 2 aromatic rings. The molecule has 0 aliphatic carbocycles. The van der Waals surface area contributed by atoms with E-state index < -0.39 is 20.2 Å². The first-order valence-corrected chi connectivity index (χ1v) is 9.81. The minimum absolute atomic E-state index is 0.0235. The van der Waals surface area contributed by atoms with Gasteiger partial charge in [-0.1, -0.05) is 17.7 Å². The monoisotopic (exact) mass is 348 g/mol. The Morgan fingerprint density at radius 2 is 1.43 bits per heavy atom. The van der Waals surface area contributed by atoms with Gasteiger partial charge in [0.05, 0.1) is 6.26 Å². The first-order valence-electron chi connectivity index (χ1n) is 5.64. The van der Waals surface area contributed by atoms with Crippen molar-refractivity contribution < 1.29 is 25.2 Å². The molecule has 0 saturated carbocycles. The number of rotatable bonds is 5. The third kappa shape index (κ3) is 4.19. The van der Waals surface area contributed by atoms with Crippen LogP contribution in [-0.4, -0.2) is 23.1 Å². The van der Waals surface area contributed by atoms with Crippen molar-refractivity contribution in [3.63, 3.8) is 0 Å². The summed E-state index contributed by atoms with van der Waals surface area (Å²) in [5, 5.41) is 2.70. The van der Waals surface area contributed by atoms with Crippen LogP contribution in [0.25, 0.3) is 0 Å². The average molecular weight is 348 g/mol. The van der Waals surface area contributed by atoms with E-state index in [4.69, 9.17) is 4.18 Å². The number of benzene rings is 1. The maximum Gasteiger partial charge on any atom is 0.339 e. The van der Waals surface area contributed by atoms with E-state index >= 15 is 0 Å². The Morgan fingerprint density at radius 3 is 1.95 bits per heavy atom. The Bertz CT molecular complexity index is 831. The molecule has 0 unspecified atom stereocenters. The maximum absolute atomic E-state index is 12.1. The molecule has 0 amide bonds. The Balaban J connectivity index is 2.30. The van der Waals surface area contributed by atoms with Crippen molar-refractivity contribution >= 4 is 31.6 Å². The van der Waals surface area contributed by atoms with Crippen LogP contribution in [0.4, 0.5) is 0 Å². The smallest absolute Gasteiger partial charge is 0.339 e. The third-order valence-electron chi connectivity index (χ3n) is 2.34. The minimum Gasteiger partial charge on any atom is -0.378 e. The Labute approximate surface area is 127 Å². The van der Waals surface area contributed by atoms with Crippen molar-refractivity contribution in [3.8, 4) is 11.5 Å². The van der Waals surface area contributed by atoms with Gasteiger partial charge in [0.1, 0.15) is 4.90 Å². The molecule has 1 aromatic heterocycles. The van der Waals surface area contributed by atoms with E-state index in [0.29, 0.717) is 0 Å². The minimum atomic E-state index is -4.05. The molecule has 9 heteroatoms. The van der Waals surface area contributed by atoms with Crippen LogP contribution in [0.3, 0.4) is 0 Å². The van der Waals surface area contributed by atoms with Crippen molar-refractivity contribution in [2.24, 2.45) is 0 Å². The highest BCUT2D eigenvalue weighted by molar-refractivity contribution is 7.87. The fourth-order valence-corrected chi connectivity index (χ4v) is 3.58. The van der Waals surface area contributed by atoms with Crippen molar-refractivity contribution in [2.45, 2.75) is 11.8 Å². The van der Waals surface area contributed by atoms with Gasteiger partial charge in [-0.05, 0) is 19.1 Å². The molecule has 6 nitrogen and oxygen atoms in total. The summed E-state index contributed by atoms with van der Waals surface area (Å²) in [6, 6.07) is 6.10. The van der Waals surface area contributed by atoms with Gasteiger partial charge < -0.3 is 8.37 Å². The molecule has 1 heterocycles. The Hall–Kier alpha value is -1.58. The molecule has 0 fully saturated rings. The molecular weight excluding hydrogens is 336 g/mol. The number of hydrogen-bond acceptors (Lipinski definition) is 7. The predicted molar refractivity (Wildman–Crippen MR) is 78.8 cm³/mol. The molecular formula is C12H12O6S3. The van der Waals surface area contributed by atoms with Crippen LogP contribution in [0.2, 0.25) is 0 Å². The second kappa shape index (κ2) is 5.66. The molecule has 0 atom stereocenters. The standard InChI is InChI=1S/C12H12O6S3/c1-9-3-5-10(6-4-9)21(15,16)18-12-8-19-7-11(12)17-20(2,13)14/h3-8H,1-2H3. The summed E-state index contributed by atoms with van der Waals surface area (Å²) in [7, 11) is -7.81. The summed E-state index contributed by atoms with van der Waals surface area (Å²) in [5.41, 5.74) is 0.908. The topological polar surface area (TPSA) is 86.7 Å². The summed E-state index contributed by atoms with van der Waals surface area (Å²) in [6.45, 7) is 1.83. The van der Waals surface area contributed by atoms with Gasteiger partial charge in [-0.2, -0.15) is 16.8 Å². The lowest BCUT2D eigenvalue weighted by Gasteiger charge is -2.08. The van der Waals surface area contributed by atoms with Crippen LogP contribution in [0, 0.1) is 6.92 Å². The van der Waals surface area contributed by atoms with E-state index in [1.54, 1.807) is 12.1 Å². The fraction of sp³-hybridized carbons (Fsp3) is 0.167. The van der Waals surface area contributed by atoms with Crippen molar-refractivity contribution in [1.29, 1.82) is 0 Å². The molecule has 0 N–H and O–H groups in total. The summed E-state index contributed by atoms with van der Waals surface area (Å²) >= 11 is 1.07. The van der Waals surface area contributed by atoms with Crippen LogP contribution in [0.1, 0.15) is 5.56 Å². The lowest BCUT2D eigenvalue weighted by molar-refractivity contribution is 0.454. The largest absolute Gasteiger partial charge is 0.378 e. The van der Waals surface area contributed by atoms with E-state index in [1.807, 2.05) is 6.92 Å². The third-order valence-corrected chi connectivity index (χ3v) is 4.77. The maximum atomic E-state index is 12.1. The van der Waals surface area contributed by atoms with Gasteiger partial charge in [0.15, 0.2) is 11.5 Å². The number of hydrogen-bond donors (Lipinski definition) is 0. The predicted octanol–water partition coefficient (Wildman–Crippen LogP) is 2.16. The van der Waals surface area contributed by atoms with Gasteiger partial charge in [0.2, 0.25) is 0 Å². The quantitative estimate of drug-likeness (QED) is 0.770. The summed E-state index contributed by atoms with van der Waals surface area (Å²) in [5.74, 6) is -0.316. The van der Waals surface area contributed by atoms with Crippen LogP contribution in [-0.2, 0) is 20.2 Å². The lowest BCUT2D eigenvalue weighted by Crippen LogP contribution is -2.11. The molecule has 0 bridgehead atoms. The molecule has 0 aliphatic rings. The number of thiophene rings is 1. The number of aryl methyl sites for hydroxylation is 1. The van der Waals surface area contributed by atoms with Gasteiger partial charge in [-0.3, -0.25) is 0 Å². The highest BCUT2D eigenvalue weighted by Gasteiger charge is 2.21. The molecule has 0 spiro atoms. The average Bonchev–Trinajstić information content (AvgIpc) is 2.74. The van der Waals surface area contributed by atoms with E-state index in [1.165, 1.54) is 22.9 Å². The fourth-order valence-electron chi connectivity index (χ4n) is 1.43. The van der Waals surface area contributed by atoms with Gasteiger partial charge in [0.25, 0.3) is 0 Å². The zero-order valence-electron chi connectivity index (χ0n) is 11.1. The van der Waals surface area contributed by atoms with Crippen molar-refractivity contribution in [1.82, 2.24) is 0 Å².